The van der Waals surface area contributed by atoms with Gasteiger partial charge in [-0.15, -0.1) is 0 Å². The maximum atomic E-state index is 13.0. The van der Waals surface area contributed by atoms with Crippen LogP contribution >= 0.6 is 0 Å². The van der Waals surface area contributed by atoms with Gasteiger partial charge in [0.25, 0.3) is 0 Å². The highest BCUT2D eigenvalue weighted by molar-refractivity contribution is 6.09. The van der Waals surface area contributed by atoms with Crippen LogP contribution in [0.5, 0.6) is 0 Å². The lowest BCUT2D eigenvalue weighted by atomic mass is 9.97. The molecule has 0 saturated heterocycles. The Hall–Kier alpha value is -2.83. The fraction of sp³-hybridized carbons (Fsp3) is 0.111. The van der Waals surface area contributed by atoms with E-state index in [1.165, 1.54) is 36.9 Å². The van der Waals surface area contributed by atoms with E-state index in [1.807, 2.05) is 0 Å². The van der Waals surface area contributed by atoms with Crippen molar-refractivity contribution in [3.05, 3.63) is 89.4 Å². The van der Waals surface area contributed by atoms with Crippen LogP contribution in [0.1, 0.15) is 33.4 Å². The van der Waals surface area contributed by atoms with Crippen molar-refractivity contribution in [3.8, 4) is 0 Å². The second-order valence-electron chi connectivity index (χ2n) is 5.19. The van der Waals surface area contributed by atoms with Crippen LogP contribution in [0, 0.1) is 5.82 Å². The number of carbonyl (C=O) groups is 1. The molecule has 0 spiro atoms. The van der Waals surface area contributed by atoms with Gasteiger partial charge in [-0.1, -0.05) is 24.3 Å². The molecule has 0 radical (unpaired) electrons. The van der Waals surface area contributed by atoms with Crippen molar-refractivity contribution in [2.45, 2.75) is 12.8 Å². The van der Waals surface area contributed by atoms with Crippen LogP contribution < -0.4 is 5.32 Å². The van der Waals surface area contributed by atoms with Crippen molar-refractivity contribution in [2.24, 2.45) is 0 Å². The van der Waals surface area contributed by atoms with Crippen molar-refractivity contribution in [3.63, 3.8) is 0 Å². The van der Waals surface area contributed by atoms with Gasteiger partial charge in [-0.25, -0.2) is 9.37 Å². The zero-order chi connectivity index (χ0) is 16.9. The van der Waals surface area contributed by atoms with Crippen molar-refractivity contribution in [2.75, 3.05) is 0 Å². The highest BCUT2D eigenvalue weighted by Gasteiger charge is 2.18. The summed E-state index contributed by atoms with van der Waals surface area (Å²) in [4.78, 5) is 16.6. The molecule has 0 amide bonds. The van der Waals surface area contributed by atoms with E-state index < -0.39 is 12.0 Å². The molecule has 0 fully saturated rings. The predicted octanol–water partition coefficient (Wildman–Crippen LogP) is 2.83. The monoisotopic (exact) mass is 326 g/mol. The van der Waals surface area contributed by atoms with Crippen LogP contribution in [-0.4, -0.2) is 15.9 Å². The Bertz CT molecular complexity index is 817. The first-order valence-corrected chi connectivity index (χ1v) is 7.33. The number of nitrogens with one attached hydrogen (secondary N) is 1. The second kappa shape index (κ2) is 7.16. The molecule has 3 aromatic rings. The fourth-order valence-electron chi connectivity index (χ4n) is 2.34. The average Bonchev–Trinajstić information content (AvgIpc) is 3.13. The predicted molar refractivity (Wildman–Crippen MR) is 84.6 cm³/mol. The summed E-state index contributed by atoms with van der Waals surface area (Å²) in [6.45, 7) is 0.288. The molecule has 0 aliphatic heterocycles. The smallest absolute Gasteiger partial charge is 0.193 e. The summed E-state index contributed by atoms with van der Waals surface area (Å²) in [5, 5.41) is 13.2. The lowest BCUT2D eigenvalue weighted by Crippen LogP contribution is -2.22. The number of ketones is 1. The first-order chi connectivity index (χ1) is 11.6. The van der Waals surface area contributed by atoms with Crippen LogP contribution in [0.15, 0.2) is 65.6 Å². The molecule has 1 unspecified atom stereocenters. The molecule has 2 aromatic carbocycles. The fourth-order valence-corrected chi connectivity index (χ4v) is 2.34. The van der Waals surface area contributed by atoms with E-state index in [4.69, 9.17) is 4.42 Å². The number of aromatic nitrogens is 1. The minimum Gasteiger partial charge on any atom is -0.451 e. The van der Waals surface area contributed by atoms with Gasteiger partial charge in [0.2, 0.25) is 0 Å². The van der Waals surface area contributed by atoms with Gasteiger partial charge in [-0.3, -0.25) is 10.1 Å². The minimum atomic E-state index is -1.05. The summed E-state index contributed by atoms with van der Waals surface area (Å²) in [6, 6.07) is 12.0. The van der Waals surface area contributed by atoms with Crippen molar-refractivity contribution in [1.82, 2.24) is 10.3 Å². The molecule has 0 bridgehead atoms. The van der Waals surface area contributed by atoms with Gasteiger partial charge in [0.15, 0.2) is 12.2 Å². The van der Waals surface area contributed by atoms with Gasteiger partial charge in [0.1, 0.15) is 18.3 Å². The Balaban J connectivity index is 1.81. The molecule has 1 heterocycles. The third-order valence-electron chi connectivity index (χ3n) is 3.57. The summed E-state index contributed by atoms with van der Waals surface area (Å²) in [6.07, 6.45) is 1.72. The number of aliphatic hydroxyl groups excluding tert-OH is 1. The molecule has 0 aliphatic rings. The number of hydrogen-bond donors (Lipinski definition) is 2. The lowest BCUT2D eigenvalue weighted by molar-refractivity contribution is 0.102. The molecule has 1 atom stereocenters. The van der Waals surface area contributed by atoms with E-state index in [0.29, 0.717) is 22.4 Å². The van der Waals surface area contributed by atoms with Gasteiger partial charge in [0.05, 0.1) is 5.69 Å². The van der Waals surface area contributed by atoms with Crippen molar-refractivity contribution in [1.29, 1.82) is 0 Å². The number of carbonyl (C=O) groups excluding carboxylic acids is 1. The Morgan fingerprint density at radius 1 is 1.21 bits per heavy atom. The maximum absolute atomic E-state index is 13.0. The lowest BCUT2D eigenvalue weighted by Gasteiger charge is -2.16. The molecule has 122 valence electrons. The Kier molecular flexibility index (Phi) is 4.79. The number of nitrogens with zero attached hydrogens (tertiary/aromatic N) is 1. The third-order valence-corrected chi connectivity index (χ3v) is 3.57. The first kappa shape index (κ1) is 16.0. The summed E-state index contributed by atoms with van der Waals surface area (Å²) in [7, 11) is 0. The largest absolute Gasteiger partial charge is 0.451 e. The molecule has 6 heteroatoms. The summed E-state index contributed by atoms with van der Waals surface area (Å²) in [5.41, 5.74) is 1.78. The van der Waals surface area contributed by atoms with Gasteiger partial charge < -0.3 is 9.52 Å². The number of halogens is 1. The van der Waals surface area contributed by atoms with Gasteiger partial charge in [-0.05, 0) is 24.3 Å². The highest BCUT2D eigenvalue weighted by atomic mass is 19.1. The van der Waals surface area contributed by atoms with Crippen molar-refractivity contribution >= 4 is 5.78 Å². The molecule has 5 nitrogen and oxygen atoms in total. The molecule has 24 heavy (non-hydrogen) atoms. The number of hydrogen-bond acceptors (Lipinski definition) is 5. The van der Waals surface area contributed by atoms with E-state index in [9.17, 15) is 14.3 Å². The highest BCUT2D eigenvalue weighted by Crippen LogP contribution is 2.20. The molecule has 2 N–H and O–H groups in total. The molecule has 1 aromatic heterocycles. The van der Waals surface area contributed by atoms with Gasteiger partial charge in [-0.2, -0.15) is 0 Å². The van der Waals surface area contributed by atoms with Crippen LogP contribution in [0.3, 0.4) is 0 Å². The maximum Gasteiger partial charge on any atom is 0.193 e. The number of oxazole rings is 1. The third kappa shape index (κ3) is 3.56. The quantitative estimate of drug-likeness (QED) is 0.538. The van der Waals surface area contributed by atoms with E-state index in [2.05, 4.69) is 10.3 Å². The van der Waals surface area contributed by atoms with Crippen molar-refractivity contribution < 1.29 is 18.7 Å². The van der Waals surface area contributed by atoms with E-state index in [1.54, 1.807) is 24.3 Å². The van der Waals surface area contributed by atoms with Gasteiger partial charge >= 0.3 is 0 Å². The van der Waals surface area contributed by atoms with E-state index >= 15 is 0 Å². The molecule has 0 saturated carbocycles. The van der Waals surface area contributed by atoms with Crippen LogP contribution in [0.2, 0.25) is 0 Å². The minimum absolute atomic E-state index is 0.284. The Labute approximate surface area is 137 Å². The van der Waals surface area contributed by atoms with E-state index in [-0.39, 0.29) is 12.3 Å². The van der Waals surface area contributed by atoms with Crippen LogP contribution in [0.25, 0.3) is 0 Å². The van der Waals surface area contributed by atoms with E-state index in [0.717, 1.165) is 0 Å². The Morgan fingerprint density at radius 3 is 2.67 bits per heavy atom. The summed E-state index contributed by atoms with van der Waals surface area (Å²) < 4.78 is 17.9. The second-order valence-corrected chi connectivity index (χ2v) is 5.19. The number of rotatable bonds is 6. The van der Waals surface area contributed by atoms with Crippen LogP contribution in [0.4, 0.5) is 4.39 Å². The standard InChI is InChI=1S/C18H15FN2O3/c19-13-7-5-12(6-8-13)17(22)15-3-1-2-4-16(15)18(23)20-9-14-10-24-11-21-14/h1-8,10-11,18,20,23H,9H2. The Morgan fingerprint density at radius 2 is 1.96 bits per heavy atom. The van der Waals surface area contributed by atoms with Crippen LogP contribution in [-0.2, 0) is 6.54 Å². The first-order valence-electron chi connectivity index (χ1n) is 7.33. The summed E-state index contributed by atoms with van der Waals surface area (Å²) >= 11 is 0. The summed E-state index contributed by atoms with van der Waals surface area (Å²) in [5.74, 6) is -0.693. The molecular formula is C18H15FN2O3. The average molecular weight is 326 g/mol. The zero-order valence-corrected chi connectivity index (χ0v) is 12.6. The topological polar surface area (TPSA) is 75.4 Å². The number of benzene rings is 2. The normalized spacial score (nSPS) is 12.1. The van der Waals surface area contributed by atoms with Gasteiger partial charge in [0, 0.05) is 23.2 Å². The number of aliphatic hydroxyl groups is 1. The molecule has 3 rings (SSSR count). The molecular weight excluding hydrogens is 311 g/mol. The molecule has 0 aliphatic carbocycles. The SMILES string of the molecule is O=C(c1ccc(F)cc1)c1ccccc1C(O)NCc1cocn1. The zero-order valence-electron chi connectivity index (χ0n) is 12.6.